The molecule has 8 heteroatoms. The fraction of sp³-hybridized carbons (Fsp3) is 0.467. The number of carbonyl (C=O) groups excluding carboxylic acids is 1. The predicted octanol–water partition coefficient (Wildman–Crippen LogP) is 2.10. The molecular formula is C15H26Cl2N4OS. The van der Waals surface area contributed by atoms with E-state index in [2.05, 4.69) is 10.3 Å². The van der Waals surface area contributed by atoms with Crippen molar-refractivity contribution < 1.29 is 4.79 Å². The maximum Gasteiger partial charge on any atom is 0.237 e. The highest BCUT2D eigenvalue weighted by Gasteiger charge is 2.12. The molecule has 0 aliphatic rings. The van der Waals surface area contributed by atoms with Gasteiger partial charge in [-0.25, -0.2) is 0 Å². The fourth-order valence-electron chi connectivity index (χ4n) is 1.75. The van der Waals surface area contributed by atoms with Crippen LogP contribution in [0.25, 0.3) is 0 Å². The first-order valence-electron chi connectivity index (χ1n) is 6.89. The van der Waals surface area contributed by atoms with E-state index in [0.717, 1.165) is 16.9 Å². The Morgan fingerprint density at radius 2 is 2.00 bits per heavy atom. The van der Waals surface area contributed by atoms with Gasteiger partial charge in [0.25, 0.3) is 0 Å². The van der Waals surface area contributed by atoms with Gasteiger partial charge in [0.1, 0.15) is 0 Å². The van der Waals surface area contributed by atoms with Crippen LogP contribution in [0.2, 0.25) is 0 Å². The number of amidine groups is 1. The number of nitrogens with one attached hydrogen (secondary N) is 1. The monoisotopic (exact) mass is 380 g/mol. The second-order valence-corrected chi connectivity index (χ2v) is 5.87. The van der Waals surface area contributed by atoms with Crippen LogP contribution in [-0.2, 0) is 17.9 Å². The number of rotatable bonds is 8. The van der Waals surface area contributed by atoms with E-state index in [9.17, 15) is 4.79 Å². The zero-order valence-electron chi connectivity index (χ0n) is 13.5. The smallest absolute Gasteiger partial charge is 0.237 e. The van der Waals surface area contributed by atoms with Crippen molar-refractivity contribution in [3.63, 3.8) is 0 Å². The van der Waals surface area contributed by atoms with Crippen molar-refractivity contribution >= 4 is 48.3 Å². The van der Waals surface area contributed by atoms with Gasteiger partial charge in [0, 0.05) is 6.54 Å². The molecule has 23 heavy (non-hydrogen) atoms. The van der Waals surface area contributed by atoms with Crippen molar-refractivity contribution in [2.24, 2.45) is 16.5 Å². The van der Waals surface area contributed by atoms with Gasteiger partial charge in [-0.15, -0.1) is 24.8 Å². The summed E-state index contributed by atoms with van der Waals surface area (Å²) in [6.45, 7) is 2.79. The molecule has 1 rings (SSSR count). The summed E-state index contributed by atoms with van der Waals surface area (Å²) in [4.78, 5) is 16.0. The van der Waals surface area contributed by atoms with Crippen molar-refractivity contribution in [1.29, 1.82) is 0 Å². The lowest BCUT2D eigenvalue weighted by Crippen LogP contribution is -2.40. The van der Waals surface area contributed by atoms with Crippen LogP contribution in [0.3, 0.4) is 0 Å². The number of benzene rings is 1. The summed E-state index contributed by atoms with van der Waals surface area (Å²) >= 11 is 1.69. The molecule has 1 atom stereocenters. The third-order valence-corrected chi connectivity index (χ3v) is 3.58. The standard InChI is InChI=1S/C15H24N4OS.2ClH/c1-11(16)18-9-12-4-3-5-13(8-12)10-19-15(20)14(17)6-7-21-2;;/h3-5,8,14H,6-7,9-10,17H2,1-2H3,(H2,16,18)(H,19,20);2*1H/t14-;;/m0../s1. The SMILES string of the molecule is CSCC[C@H](N)C(=O)NCc1cccc(CN=C(C)N)c1.Cl.Cl. The molecule has 1 aromatic rings. The highest BCUT2D eigenvalue weighted by Crippen LogP contribution is 2.07. The molecule has 132 valence electrons. The molecule has 0 aromatic heterocycles. The second-order valence-electron chi connectivity index (χ2n) is 4.88. The zero-order valence-corrected chi connectivity index (χ0v) is 15.9. The third kappa shape index (κ3) is 10.4. The van der Waals surface area contributed by atoms with Crippen LogP contribution in [-0.4, -0.2) is 29.8 Å². The van der Waals surface area contributed by atoms with Gasteiger partial charge >= 0.3 is 0 Å². The molecular weight excluding hydrogens is 355 g/mol. The molecule has 0 heterocycles. The van der Waals surface area contributed by atoms with Gasteiger partial charge in [0.15, 0.2) is 0 Å². The molecule has 0 bridgehead atoms. The van der Waals surface area contributed by atoms with Gasteiger partial charge in [-0.3, -0.25) is 9.79 Å². The summed E-state index contributed by atoms with van der Waals surface area (Å²) < 4.78 is 0. The maximum atomic E-state index is 11.8. The van der Waals surface area contributed by atoms with Crippen LogP contribution in [0.15, 0.2) is 29.3 Å². The van der Waals surface area contributed by atoms with Crippen LogP contribution in [0.4, 0.5) is 0 Å². The molecule has 0 aliphatic heterocycles. The minimum absolute atomic E-state index is 0. The number of thioether (sulfide) groups is 1. The average molecular weight is 381 g/mol. The average Bonchev–Trinajstić information content (AvgIpc) is 2.48. The second kappa shape index (κ2) is 13.5. The minimum Gasteiger partial charge on any atom is -0.388 e. The molecule has 1 amide bonds. The Hall–Kier alpha value is -0.950. The van der Waals surface area contributed by atoms with Crippen molar-refractivity contribution in [2.45, 2.75) is 32.5 Å². The summed E-state index contributed by atoms with van der Waals surface area (Å²) in [5.41, 5.74) is 13.4. The lowest BCUT2D eigenvalue weighted by molar-refractivity contribution is -0.122. The maximum absolute atomic E-state index is 11.8. The van der Waals surface area contributed by atoms with E-state index in [-0.39, 0.29) is 30.7 Å². The highest BCUT2D eigenvalue weighted by atomic mass is 35.5. The third-order valence-electron chi connectivity index (χ3n) is 2.94. The predicted molar refractivity (Wildman–Crippen MR) is 105 cm³/mol. The molecule has 5 nitrogen and oxygen atoms in total. The number of hydrogen-bond acceptors (Lipinski definition) is 4. The Bertz CT molecular complexity index is 496. The van der Waals surface area contributed by atoms with Gasteiger partial charge in [0.05, 0.1) is 18.4 Å². The van der Waals surface area contributed by atoms with Crippen LogP contribution in [0.5, 0.6) is 0 Å². The number of hydrogen-bond donors (Lipinski definition) is 3. The van der Waals surface area contributed by atoms with Gasteiger partial charge < -0.3 is 16.8 Å². The van der Waals surface area contributed by atoms with Crippen molar-refractivity contribution in [1.82, 2.24) is 5.32 Å². The Labute approximate surface area is 154 Å². The van der Waals surface area contributed by atoms with Crippen LogP contribution in [0, 0.1) is 0 Å². The van der Waals surface area contributed by atoms with E-state index in [0.29, 0.717) is 25.3 Å². The van der Waals surface area contributed by atoms with E-state index in [1.807, 2.05) is 30.5 Å². The van der Waals surface area contributed by atoms with Gasteiger partial charge in [-0.2, -0.15) is 11.8 Å². The number of aliphatic imine (C=N–C) groups is 1. The number of nitrogens with two attached hydrogens (primary N) is 2. The van der Waals surface area contributed by atoms with Crippen molar-refractivity contribution in [3.8, 4) is 0 Å². The number of nitrogens with zero attached hydrogens (tertiary/aromatic N) is 1. The lowest BCUT2D eigenvalue weighted by Gasteiger charge is -2.12. The first kappa shape index (κ1) is 24.3. The molecule has 0 fully saturated rings. The minimum atomic E-state index is -0.440. The van der Waals surface area contributed by atoms with Crippen LogP contribution in [0.1, 0.15) is 24.5 Å². The van der Waals surface area contributed by atoms with Crippen molar-refractivity contribution in [2.75, 3.05) is 12.0 Å². The summed E-state index contributed by atoms with van der Waals surface area (Å²) in [6, 6.07) is 7.48. The van der Waals surface area contributed by atoms with Crippen LogP contribution >= 0.6 is 36.6 Å². The van der Waals surface area contributed by atoms with E-state index in [1.54, 1.807) is 18.7 Å². The number of amides is 1. The summed E-state index contributed by atoms with van der Waals surface area (Å²) in [5.74, 6) is 1.35. The molecule has 0 aliphatic carbocycles. The Morgan fingerprint density at radius 3 is 2.61 bits per heavy atom. The summed E-state index contributed by atoms with van der Waals surface area (Å²) in [5, 5.41) is 2.87. The molecule has 0 radical (unpaired) electrons. The van der Waals surface area contributed by atoms with Gasteiger partial charge in [-0.1, -0.05) is 24.3 Å². The first-order chi connectivity index (χ1) is 10.0. The quantitative estimate of drug-likeness (QED) is 0.475. The highest BCUT2D eigenvalue weighted by molar-refractivity contribution is 7.98. The van der Waals surface area contributed by atoms with E-state index in [1.165, 1.54) is 0 Å². The molecule has 0 saturated heterocycles. The summed E-state index contributed by atoms with van der Waals surface area (Å²) in [7, 11) is 0. The normalized spacial score (nSPS) is 11.9. The topological polar surface area (TPSA) is 93.5 Å². The Morgan fingerprint density at radius 1 is 1.35 bits per heavy atom. The van der Waals surface area contributed by atoms with E-state index < -0.39 is 6.04 Å². The zero-order chi connectivity index (χ0) is 15.7. The number of carbonyl (C=O) groups is 1. The van der Waals surface area contributed by atoms with E-state index >= 15 is 0 Å². The summed E-state index contributed by atoms with van der Waals surface area (Å²) in [6.07, 6.45) is 2.69. The molecule has 0 unspecified atom stereocenters. The molecule has 0 spiro atoms. The largest absolute Gasteiger partial charge is 0.388 e. The first-order valence-corrected chi connectivity index (χ1v) is 8.29. The molecule has 1 aromatic carbocycles. The lowest BCUT2D eigenvalue weighted by atomic mass is 10.1. The molecule has 5 N–H and O–H groups in total. The molecule has 0 saturated carbocycles. The van der Waals surface area contributed by atoms with Crippen LogP contribution < -0.4 is 16.8 Å². The van der Waals surface area contributed by atoms with Crippen molar-refractivity contribution in [3.05, 3.63) is 35.4 Å². The number of halogens is 2. The van der Waals surface area contributed by atoms with E-state index in [4.69, 9.17) is 11.5 Å². The van der Waals surface area contributed by atoms with Gasteiger partial charge in [-0.05, 0) is 36.5 Å². The van der Waals surface area contributed by atoms with Gasteiger partial charge in [0.2, 0.25) is 5.91 Å². The Kier molecular flexibility index (Phi) is 14.3. The fourth-order valence-corrected chi connectivity index (χ4v) is 2.24. The Balaban J connectivity index is 0.